The van der Waals surface area contributed by atoms with E-state index in [2.05, 4.69) is 21.2 Å². The monoisotopic (exact) mass is 562 g/mol. The quantitative estimate of drug-likeness (QED) is 0.350. The maximum atomic E-state index is 12.9. The topological polar surface area (TPSA) is 94.2 Å². The first-order valence-corrected chi connectivity index (χ1v) is 12.8. The molecule has 35 heavy (non-hydrogen) atoms. The summed E-state index contributed by atoms with van der Waals surface area (Å²) in [5.41, 5.74) is 1.20. The molecule has 1 heterocycles. The summed E-state index contributed by atoms with van der Waals surface area (Å²) in [6.07, 6.45) is 2.45. The smallest absolute Gasteiger partial charge is 0.294 e. The predicted octanol–water partition coefficient (Wildman–Crippen LogP) is 5.71. The van der Waals surface area contributed by atoms with Gasteiger partial charge in [-0.15, -0.1) is 0 Å². The maximum Gasteiger partial charge on any atom is 0.294 e. The Hall–Kier alpha value is -2.98. The molecule has 1 N–H and O–H groups in total. The van der Waals surface area contributed by atoms with Crippen LogP contribution in [0.5, 0.6) is 17.2 Å². The van der Waals surface area contributed by atoms with Crippen LogP contribution in [0.15, 0.2) is 45.8 Å². The molecule has 3 amide bonds. The van der Waals surface area contributed by atoms with Crippen molar-refractivity contribution in [2.75, 3.05) is 31.7 Å². The van der Waals surface area contributed by atoms with Crippen LogP contribution < -0.4 is 19.5 Å². The van der Waals surface area contributed by atoms with E-state index in [0.717, 1.165) is 23.1 Å². The minimum atomic E-state index is -0.526. The van der Waals surface area contributed by atoms with Crippen LogP contribution in [0.1, 0.15) is 32.8 Å². The van der Waals surface area contributed by atoms with Gasteiger partial charge in [-0.3, -0.25) is 19.3 Å². The highest BCUT2D eigenvalue weighted by Gasteiger charge is 2.36. The number of nitrogens with one attached hydrogen (secondary N) is 1. The van der Waals surface area contributed by atoms with Crippen LogP contribution in [-0.4, -0.2) is 48.3 Å². The Kier molecular flexibility index (Phi) is 9.62. The number of thioether (sulfide) groups is 1. The van der Waals surface area contributed by atoms with Crippen molar-refractivity contribution in [3.8, 4) is 17.2 Å². The number of benzene rings is 2. The molecule has 1 aliphatic rings. The molecule has 10 heteroatoms. The second kappa shape index (κ2) is 12.6. The Bertz CT molecular complexity index is 1120. The fourth-order valence-corrected chi connectivity index (χ4v) is 4.62. The Balaban J connectivity index is 1.71. The SMILES string of the molecule is CCCOc1c(Br)cc(/C=C2\SC(=O)N(CC(=O)Nc3ccc(OCC)cc3)C2=O)cc1OCC. The van der Waals surface area contributed by atoms with Crippen LogP contribution in [0, 0.1) is 0 Å². The lowest BCUT2D eigenvalue weighted by Crippen LogP contribution is -2.36. The largest absolute Gasteiger partial charge is 0.494 e. The Labute approximate surface area is 217 Å². The molecule has 0 atom stereocenters. The Morgan fingerprint density at radius 1 is 1.06 bits per heavy atom. The number of anilines is 1. The molecule has 0 aromatic heterocycles. The van der Waals surface area contributed by atoms with Crippen molar-refractivity contribution in [2.24, 2.45) is 0 Å². The first kappa shape index (κ1) is 26.6. The predicted molar refractivity (Wildman–Crippen MR) is 140 cm³/mol. The van der Waals surface area contributed by atoms with Gasteiger partial charge in [0.1, 0.15) is 12.3 Å². The standard InChI is InChI=1S/C25H27BrN2O6S/c1-4-11-34-23-19(26)12-16(13-20(23)33-6-3)14-21-24(30)28(25(31)35-21)15-22(29)27-17-7-9-18(10-8-17)32-5-2/h7-10,12-14H,4-6,11,15H2,1-3H3,(H,27,29)/b21-14-. The highest BCUT2D eigenvalue weighted by atomic mass is 79.9. The van der Waals surface area contributed by atoms with Crippen LogP contribution in [0.3, 0.4) is 0 Å². The van der Waals surface area contributed by atoms with E-state index in [-0.39, 0.29) is 11.4 Å². The maximum absolute atomic E-state index is 12.9. The third-order valence-corrected chi connectivity index (χ3v) is 6.20. The molecule has 0 aliphatic carbocycles. The number of rotatable bonds is 11. The molecule has 0 radical (unpaired) electrons. The molecule has 2 aromatic rings. The van der Waals surface area contributed by atoms with Gasteiger partial charge in [-0.05, 0) is 96.0 Å². The lowest BCUT2D eigenvalue weighted by molar-refractivity contribution is -0.127. The van der Waals surface area contributed by atoms with Gasteiger partial charge in [0.2, 0.25) is 5.91 Å². The molecule has 2 aromatic carbocycles. The van der Waals surface area contributed by atoms with Gasteiger partial charge >= 0.3 is 0 Å². The van der Waals surface area contributed by atoms with Gasteiger partial charge in [-0.1, -0.05) is 6.92 Å². The van der Waals surface area contributed by atoms with Gasteiger partial charge in [0.15, 0.2) is 11.5 Å². The molecule has 0 spiro atoms. The van der Waals surface area contributed by atoms with Crippen LogP contribution >= 0.6 is 27.7 Å². The third kappa shape index (κ3) is 7.02. The minimum Gasteiger partial charge on any atom is -0.494 e. The van der Waals surface area contributed by atoms with E-state index < -0.39 is 17.1 Å². The van der Waals surface area contributed by atoms with Gasteiger partial charge in [-0.25, -0.2) is 0 Å². The highest BCUT2D eigenvalue weighted by molar-refractivity contribution is 9.10. The number of hydrogen-bond donors (Lipinski definition) is 1. The number of halogens is 1. The summed E-state index contributed by atoms with van der Waals surface area (Å²) in [6.45, 7) is 6.90. The lowest BCUT2D eigenvalue weighted by atomic mass is 10.2. The zero-order valence-electron chi connectivity index (χ0n) is 19.8. The summed E-state index contributed by atoms with van der Waals surface area (Å²) in [7, 11) is 0. The average Bonchev–Trinajstić information content (AvgIpc) is 3.07. The number of imide groups is 1. The van der Waals surface area contributed by atoms with Crippen molar-refractivity contribution >= 4 is 56.5 Å². The van der Waals surface area contributed by atoms with Crippen LogP contribution in [0.25, 0.3) is 6.08 Å². The van der Waals surface area contributed by atoms with Gasteiger partial charge in [-0.2, -0.15) is 0 Å². The number of amides is 3. The Morgan fingerprint density at radius 2 is 1.77 bits per heavy atom. The van der Waals surface area contributed by atoms with Crippen LogP contribution in [-0.2, 0) is 9.59 Å². The summed E-state index contributed by atoms with van der Waals surface area (Å²) in [6, 6.07) is 10.4. The van der Waals surface area contributed by atoms with Crippen molar-refractivity contribution in [2.45, 2.75) is 27.2 Å². The van der Waals surface area contributed by atoms with Crippen molar-refractivity contribution in [3.63, 3.8) is 0 Å². The van der Waals surface area contributed by atoms with E-state index in [1.807, 2.05) is 20.8 Å². The fourth-order valence-electron chi connectivity index (χ4n) is 3.21. The number of carbonyl (C=O) groups is 3. The van der Waals surface area contributed by atoms with Crippen LogP contribution in [0.2, 0.25) is 0 Å². The fraction of sp³-hybridized carbons (Fsp3) is 0.320. The molecule has 0 bridgehead atoms. The van der Waals surface area contributed by atoms with Crippen molar-refractivity contribution < 1.29 is 28.6 Å². The van der Waals surface area contributed by atoms with E-state index in [0.29, 0.717) is 52.8 Å². The van der Waals surface area contributed by atoms with Crippen LogP contribution in [0.4, 0.5) is 10.5 Å². The summed E-state index contributed by atoms with van der Waals surface area (Å²) in [5.74, 6) is 0.810. The molecular weight excluding hydrogens is 536 g/mol. The van der Waals surface area contributed by atoms with Crippen molar-refractivity contribution in [1.29, 1.82) is 0 Å². The normalized spacial score (nSPS) is 14.4. The van der Waals surface area contributed by atoms with E-state index in [9.17, 15) is 14.4 Å². The molecule has 0 unspecified atom stereocenters. The zero-order chi connectivity index (χ0) is 25.4. The Morgan fingerprint density at radius 3 is 2.43 bits per heavy atom. The molecule has 8 nitrogen and oxygen atoms in total. The van der Waals surface area contributed by atoms with E-state index in [1.165, 1.54) is 0 Å². The highest BCUT2D eigenvalue weighted by Crippen LogP contribution is 2.39. The van der Waals surface area contributed by atoms with Gasteiger partial charge in [0.05, 0.1) is 29.2 Å². The minimum absolute atomic E-state index is 0.223. The van der Waals surface area contributed by atoms with Gasteiger partial charge in [0, 0.05) is 5.69 Å². The zero-order valence-corrected chi connectivity index (χ0v) is 22.2. The summed E-state index contributed by atoms with van der Waals surface area (Å²) in [4.78, 5) is 39.0. The second-order valence-corrected chi connectivity index (χ2v) is 9.23. The third-order valence-electron chi connectivity index (χ3n) is 4.70. The van der Waals surface area contributed by atoms with Gasteiger partial charge in [0.25, 0.3) is 11.1 Å². The lowest BCUT2D eigenvalue weighted by Gasteiger charge is -2.14. The van der Waals surface area contributed by atoms with Crippen molar-refractivity contribution in [1.82, 2.24) is 4.90 Å². The molecule has 1 fully saturated rings. The van der Waals surface area contributed by atoms with E-state index in [1.54, 1.807) is 42.5 Å². The van der Waals surface area contributed by atoms with E-state index in [4.69, 9.17) is 14.2 Å². The molecule has 1 aliphatic heterocycles. The molecule has 186 valence electrons. The molecule has 3 rings (SSSR count). The van der Waals surface area contributed by atoms with Crippen molar-refractivity contribution in [3.05, 3.63) is 51.3 Å². The average molecular weight is 563 g/mol. The first-order chi connectivity index (χ1) is 16.9. The molecule has 0 saturated carbocycles. The van der Waals surface area contributed by atoms with Gasteiger partial charge < -0.3 is 19.5 Å². The summed E-state index contributed by atoms with van der Waals surface area (Å²) < 4.78 is 17.5. The molecular formula is C25H27BrN2O6S. The summed E-state index contributed by atoms with van der Waals surface area (Å²) in [5, 5.41) is 2.19. The number of nitrogens with zero attached hydrogens (tertiary/aromatic N) is 1. The molecule has 1 saturated heterocycles. The summed E-state index contributed by atoms with van der Waals surface area (Å²) >= 11 is 4.29. The van der Waals surface area contributed by atoms with E-state index >= 15 is 0 Å². The first-order valence-electron chi connectivity index (χ1n) is 11.2. The number of hydrogen-bond acceptors (Lipinski definition) is 7. The number of carbonyl (C=O) groups excluding carboxylic acids is 3. The second-order valence-electron chi connectivity index (χ2n) is 7.38. The number of ether oxygens (including phenoxy) is 3.